The Kier molecular flexibility index (Phi) is 3.88. The second-order valence-electron chi connectivity index (χ2n) is 5.57. The molecule has 0 radical (unpaired) electrons. The van der Waals surface area contributed by atoms with Crippen molar-refractivity contribution in [1.29, 1.82) is 0 Å². The lowest BCUT2D eigenvalue weighted by atomic mass is 10.2. The van der Waals surface area contributed by atoms with Gasteiger partial charge in [0.25, 0.3) is 0 Å². The summed E-state index contributed by atoms with van der Waals surface area (Å²) in [6.07, 6.45) is 0.903. The van der Waals surface area contributed by atoms with Crippen LogP contribution in [0, 0.1) is 18.8 Å². The third-order valence-corrected chi connectivity index (χ3v) is 5.50. The Morgan fingerprint density at radius 2 is 1.95 bits per heavy atom. The Morgan fingerprint density at radius 3 is 2.45 bits per heavy atom. The fraction of sp³-hybridized carbons (Fsp3) is 0.500. The largest absolute Gasteiger partial charge is 0.326 e. The number of amides is 1. The van der Waals surface area contributed by atoms with Crippen molar-refractivity contribution >= 4 is 21.6 Å². The highest BCUT2D eigenvalue weighted by Crippen LogP contribution is 2.38. The van der Waals surface area contributed by atoms with Gasteiger partial charge in [-0.3, -0.25) is 4.79 Å². The Labute approximate surface area is 120 Å². The fourth-order valence-electron chi connectivity index (χ4n) is 2.02. The Hall–Kier alpha value is -1.40. The molecule has 6 heteroatoms. The van der Waals surface area contributed by atoms with Gasteiger partial charge in [0.15, 0.2) is 0 Å². The minimum Gasteiger partial charge on any atom is -0.326 e. The van der Waals surface area contributed by atoms with Gasteiger partial charge in [-0.05, 0) is 37.0 Å². The molecule has 0 heterocycles. The maximum absolute atomic E-state index is 12.1. The summed E-state index contributed by atoms with van der Waals surface area (Å²) < 4.78 is 25.3. The van der Waals surface area contributed by atoms with E-state index in [0.717, 1.165) is 16.3 Å². The summed E-state index contributed by atoms with van der Waals surface area (Å²) in [5.41, 5.74) is 1.42. The van der Waals surface area contributed by atoms with Crippen LogP contribution in [0.5, 0.6) is 0 Å². The summed E-state index contributed by atoms with van der Waals surface area (Å²) in [5.74, 6) is 0.451. The van der Waals surface area contributed by atoms with Crippen LogP contribution in [0.1, 0.15) is 18.9 Å². The molecule has 1 aliphatic rings. The quantitative estimate of drug-likeness (QED) is 0.922. The Morgan fingerprint density at radius 1 is 1.35 bits per heavy atom. The maximum Gasteiger partial charge on any atom is 0.242 e. The SMILES string of the molecule is Cc1ccc(S(=O)(=O)N(C)C)cc1NC(=O)C1CC1C. The molecular formula is C14H20N2O3S. The van der Waals surface area contributed by atoms with Gasteiger partial charge in [0.1, 0.15) is 0 Å². The van der Waals surface area contributed by atoms with Crippen molar-refractivity contribution in [3.05, 3.63) is 23.8 Å². The van der Waals surface area contributed by atoms with Crippen LogP contribution in [-0.4, -0.2) is 32.7 Å². The van der Waals surface area contributed by atoms with Crippen LogP contribution in [0.2, 0.25) is 0 Å². The third kappa shape index (κ3) is 2.86. The predicted octanol–water partition coefficient (Wildman–Crippen LogP) is 1.84. The predicted molar refractivity (Wildman–Crippen MR) is 78.0 cm³/mol. The van der Waals surface area contributed by atoms with E-state index in [2.05, 4.69) is 5.32 Å². The first-order valence-electron chi connectivity index (χ1n) is 6.57. The highest BCUT2D eigenvalue weighted by Gasteiger charge is 2.39. The van der Waals surface area contributed by atoms with E-state index >= 15 is 0 Å². The number of anilines is 1. The minimum atomic E-state index is -3.49. The highest BCUT2D eigenvalue weighted by molar-refractivity contribution is 7.89. The maximum atomic E-state index is 12.1. The van der Waals surface area contributed by atoms with E-state index in [4.69, 9.17) is 0 Å². The molecule has 0 bridgehead atoms. The standard InChI is InChI=1S/C14H20N2O3S/c1-9-5-6-11(20(18,19)16(3)4)8-13(9)15-14(17)12-7-10(12)2/h5-6,8,10,12H,7H2,1-4H3,(H,15,17). The fourth-order valence-corrected chi connectivity index (χ4v) is 2.95. The normalized spacial score (nSPS) is 21.9. The number of nitrogens with zero attached hydrogens (tertiary/aromatic N) is 1. The van der Waals surface area contributed by atoms with Gasteiger partial charge in [0.2, 0.25) is 15.9 Å². The van der Waals surface area contributed by atoms with Crippen molar-refractivity contribution in [1.82, 2.24) is 4.31 Å². The molecule has 2 atom stereocenters. The highest BCUT2D eigenvalue weighted by atomic mass is 32.2. The molecule has 0 aliphatic heterocycles. The summed E-state index contributed by atoms with van der Waals surface area (Å²) in [6, 6.07) is 4.79. The molecule has 1 N–H and O–H groups in total. The number of carbonyl (C=O) groups is 1. The molecule has 1 saturated carbocycles. The molecule has 1 fully saturated rings. The van der Waals surface area contributed by atoms with Gasteiger partial charge in [0, 0.05) is 25.7 Å². The van der Waals surface area contributed by atoms with E-state index in [1.807, 2.05) is 13.8 Å². The third-order valence-electron chi connectivity index (χ3n) is 3.69. The second kappa shape index (κ2) is 5.18. The number of nitrogens with one attached hydrogen (secondary N) is 1. The average Bonchev–Trinajstić information content (AvgIpc) is 3.09. The summed E-state index contributed by atoms with van der Waals surface area (Å²) in [4.78, 5) is 12.1. The number of carbonyl (C=O) groups excluding carboxylic acids is 1. The zero-order valence-corrected chi connectivity index (χ0v) is 13.0. The monoisotopic (exact) mass is 296 g/mol. The lowest BCUT2D eigenvalue weighted by Gasteiger charge is -2.14. The van der Waals surface area contributed by atoms with Gasteiger partial charge in [-0.15, -0.1) is 0 Å². The molecule has 0 saturated heterocycles. The van der Waals surface area contributed by atoms with E-state index in [9.17, 15) is 13.2 Å². The first kappa shape index (κ1) is 15.0. The molecule has 20 heavy (non-hydrogen) atoms. The van der Waals surface area contributed by atoms with E-state index in [1.54, 1.807) is 12.1 Å². The summed E-state index contributed by atoms with van der Waals surface area (Å²) in [5, 5.41) is 2.83. The second-order valence-corrected chi connectivity index (χ2v) is 7.72. The smallest absolute Gasteiger partial charge is 0.242 e. The molecule has 1 aliphatic carbocycles. The van der Waals surface area contributed by atoms with Crippen LogP contribution in [0.15, 0.2) is 23.1 Å². The molecule has 110 valence electrons. The van der Waals surface area contributed by atoms with Gasteiger partial charge < -0.3 is 5.32 Å². The number of aryl methyl sites for hydroxylation is 1. The van der Waals surface area contributed by atoms with Crippen molar-refractivity contribution in [3.8, 4) is 0 Å². The van der Waals surface area contributed by atoms with Crippen molar-refractivity contribution in [2.45, 2.75) is 25.2 Å². The van der Waals surface area contributed by atoms with Crippen molar-refractivity contribution in [2.24, 2.45) is 11.8 Å². The number of hydrogen-bond donors (Lipinski definition) is 1. The van der Waals surface area contributed by atoms with Crippen LogP contribution in [0.25, 0.3) is 0 Å². The van der Waals surface area contributed by atoms with Crippen molar-refractivity contribution in [3.63, 3.8) is 0 Å². The molecule has 2 rings (SSSR count). The summed E-state index contributed by atoms with van der Waals surface area (Å²) in [7, 11) is -0.514. The number of sulfonamides is 1. The van der Waals surface area contributed by atoms with Crippen LogP contribution in [0.4, 0.5) is 5.69 Å². The first-order chi connectivity index (χ1) is 9.23. The number of benzene rings is 1. The molecule has 1 aromatic carbocycles. The minimum absolute atomic E-state index is 0.0278. The van der Waals surface area contributed by atoms with E-state index < -0.39 is 10.0 Å². The van der Waals surface area contributed by atoms with Crippen LogP contribution >= 0.6 is 0 Å². The molecule has 0 aromatic heterocycles. The van der Waals surface area contributed by atoms with Crippen LogP contribution < -0.4 is 5.32 Å². The molecule has 1 amide bonds. The Balaban J connectivity index is 2.28. The molecule has 1 aromatic rings. The van der Waals surface area contributed by atoms with Gasteiger partial charge in [-0.25, -0.2) is 12.7 Å². The molecular weight excluding hydrogens is 276 g/mol. The molecule has 2 unspecified atom stereocenters. The van der Waals surface area contributed by atoms with Crippen LogP contribution in [0.3, 0.4) is 0 Å². The van der Waals surface area contributed by atoms with E-state index in [0.29, 0.717) is 11.6 Å². The van der Waals surface area contributed by atoms with E-state index in [-0.39, 0.29) is 16.7 Å². The summed E-state index contributed by atoms with van der Waals surface area (Å²) in [6.45, 7) is 3.88. The zero-order chi connectivity index (χ0) is 15.1. The van der Waals surface area contributed by atoms with Gasteiger partial charge in [-0.2, -0.15) is 0 Å². The van der Waals surface area contributed by atoms with Gasteiger partial charge in [-0.1, -0.05) is 13.0 Å². The summed E-state index contributed by atoms with van der Waals surface area (Å²) >= 11 is 0. The van der Waals surface area contributed by atoms with Crippen molar-refractivity contribution in [2.75, 3.05) is 19.4 Å². The topological polar surface area (TPSA) is 66.5 Å². The lowest BCUT2D eigenvalue weighted by molar-refractivity contribution is -0.117. The zero-order valence-electron chi connectivity index (χ0n) is 12.2. The average molecular weight is 296 g/mol. The number of rotatable bonds is 4. The van der Waals surface area contributed by atoms with E-state index in [1.165, 1.54) is 20.2 Å². The Bertz CT molecular complexity index is 638. The van der Waals surface area contributed by atoms with Crippen molar-refractivity contribution < 1.29 is 13.2 Å². The van der Waals surface area contributed by atoms with Crippen LogP contribution in [-0.2, 0) is 14.8 Å². The number of hydrogen-bond acceptors (Lipinski definition) is 3. The lowest BCUT2D eigenvalue weighted by Crippen LogP contribution is -2.22. The molecule has 5 nitrogen and oxygen atoms in total. The van der Waals surface area contributed by atoms with Gasteiger partial charge in [0.05, 0.1) is 4.90 Å². The van der Waals surface area contributed by atoms with Gasteiger partial charge >= 0.3 is 0 Å². The first-order valence-corrected chi connectivity index (χ1v) is 8.01. The molecule has 0 spiro atoms.